The Hall–Kier alpha value is -1.59. The highest BCUT2D eigenvalue weighted by molar-refractivity contribution is 5.87. The number of rotatable bonds is 4. The molecule has 0 radical (unpaired) electrons. The van der Waals surface area contributed by atoms with Crippen molar-refractivity contribution in [3.8, 4) is 0 Å². The van der Waals surface area contributed by atoms with E-state index in [1.165, 1.54) is 23.1 Å². The Morgan fingerprint density at radius 1 is 1.08 bits per heavy atom. The van der Waals surface area contributed by atoms with E-state index in [1.807, 2.05) is 18.9 Å². The van der Waals surface area contributed by atoms with Gasteiger partial charge in [-0.2, -0.15) is 0 Å². The third-order valence-electron chi connectivity index (χ3n) is 5.19. The summed E-state index contributed by atoms with van der Waals surface area (Å²) in [6.07, 6.45) is 3.44. The monoisotopic (exact) mass is 328 g/mol. The second-order valence-corrected chi connectivity index (χ2v) is 7.93. The molecule has 0 saturated heterocycles. The third kappa shape index (κ3) is 6.89. The first-order chi connectivity index (χ1) is 11.0. The Labute approximate surface area is 149 Å². The van der Waals surface area contributed by atoms with Gasteiger partial charge in [0.2, 0.25) is 0 Å². The van der Waals surface area contributed by atoms with Crippen LogP contribution in [0.15, 0.2) is 23.8 Å². The van der Waals surface area contributed by atoms with E-state index in [-0.39, 0.29) is 0 Å². The van der Waals surface area contributed by atoms with E-state index in [0.29, 0.717) is 11.0 Å². The average Bonchev–Trinajstić information content (AvgIpc) is 2.50. The van der Waals surface area contributed by atoms with E-state index < -0.39 is 0 Å². The maximum absolute atomic E-state index is 10.5. The molecule has 134 valence electrons. The summed E-state index contributed by atoms with van der Waals surface area (Å²) < 4.78 is 0. The van der Waals surface area contributed by atoms with Gasteiger partial charge in [-0.15, -0.1) is 0 Å². The standard InChI is InChI=1S/C12H14O.C11H22/c1-8-5-10(3)12(6-9(8)2)11(4)7-13;1-7-10(4)8-11(5,6)9(2)3/h5-6H,1-4H3;7,9H,8H2,1-6H3/b;10-7-. The van der Waals surface area contributed by atoms with Crippen molar-refractivity contribution in [2.45, 2.75) is 75.7 Å². The Morgan fingerprint density at radius 2 is 1.58 bits per heavy atom. The number of hydrogen-bond donors (Lipinski definition) is 0. The lowest BCUT2D eigenvalue weighted by Gasteiger charge is -2.29. The van der Waals surface area contributed by atoms with Crippen LogP contribution in [-0.2, 0) is 4.79 Å². The Kier molecular flexibility index (Phi) is 9.01. The molecule has 0 fully saturated rings. The normalized spacial score (nSPS) is 11.7. The molecule has 0 atom stereocenters. The molecule has 0 heterocycles. The highest BCUT2D eigenvalue weighted by Crippen LogP contribution is 2.32. The largest absolute Gasteiger partial charge is 0.233 e. The van der Waals surface area contributed by atoms with Crippen LogP contribution < -0.4 is 0 Å². The van der Waals surface area contributed by atoms with Crippen molar-refractivity contribution in [2.75, 3.05) is 0 Å². The molecular formula is C23H36O. The van der Waals surface area contributed by atoms with Crippen LogP contribution in [0, 0.1) is 32.1 Å². The first-order valence-electron chi connectivity index (χ1n) is 8.88. The molecule has 0 aliphatic heterocycles. The molecule has 0 aliphatic rings. The van der Waals surface area contributed by atoms with Crippen molar-refractivity contribution in [1.82, 2.24) is 0 Å². The fraction of sp³-hybridized carbons (Fsp3) is 0.565. The van der Waals surface area contributed by atoms with Gasteiger partial charge in [0, 0.05) is 5.57 Å². The highest BCUT2D eigenvalue weighted by Gasteiger charge is 2.21. The van der Waals surface area contributed by atoms with Gasteiger partial charge < -0.3 is 0 Å². The molecule has 0 saturated carbocycles. The number of carbonyl (C=O) groups excluding carboxylic acids is 1. The summed E-state index contributed by atoms with van der Waals surface area (Å²) in [5, 5.41) is 0. The summed E-state index contributed by atoms with van der Waals surface area (Å²) in [7, 11) is 0. The van der Waals surface area contributed by atoms with E-state index >= 15 is 0 Å². The number of allylic oxidation sites excluding steroid dienone is 3. The van der Waals surface area contributed by atoms with Crippen LogP contribution in [0.4, 0.5) is 0 Å². The van der Waals surface area contributed by atoms with Crippen LogP contribution in [0.1, 0.15) is 77.1 Å². The maximum atomic E-state index is 10.5. The predicted molar refractivity (Wildman–Crippen MR) is 108 cm³/mol. The third-order valence-corrected chi connectivity index (χ3v) is 5.19. The minimum Gasteiger partial charge on any atom is -0.233 e. The molecule has 24 heavy (non-hydrogen) atoms. The van der Waals surface area contributed by atoms with E-state index in [9.17, 15) is 4.79 Å². The molecule has 1 rings (SSSR count). The van der Waals surface area contributed by atoms with E-state index in [4.69, 9.17) is 0 Å². The topological polar surface area (TPSA) is 17.1 Å². The summed E-state index contributed by atoms with van der Waals surface area (Å²) in [5.41, 5.74) is 7.28. The van der Waals surface area contributed by atoms with Crippen molar-refractivity contribution in [3.05, 3.63) is 46.0 Å². The van der Waals surface area contributed by atoms with Crippen LogP contribution in [0.5, 0.6) is 0 Å². The quantitative estimate of drug-likeness (QED) is 0.435. The average molecular weight is 329 g/mol. The van der Waals surface area contributed by atoms with Gasteiger partial charge in [-0.25, -0.2) is 4.79 Å². The first-order valence-corrected chi connectivity index (χ1v) is 8.88. The van der Waals surface area contributed by atoms with Crippen molar-refractivity contribution in [2.24, 2.45) is 11.3 Å². The van der Waals surface area contributed by atoms with Gasteiger partial charge in [0.15, 0.2) is 0 Å². The zero-order chi connectivity index (χ0) is 19.1. The van der Waals surface area contributed by atoms with Crippen LogP contribution in [0.2, 0.25) is 0 Å². The molecule has 0 amide bonds. The Bertz CT molecular complexity index is 624. The van der Waals surface area contributed by atoms with Crippen LogP contribution in [0.3, 0.4) is 0 Å². The van der Waals surface area contributed by atoms with Gasteiger partial charge in [-0.3, -0.25) is 0 Å². The van der Waals surface area contributed by atoms with Gasteiger partial charge in [-0.05, 0) is 81.5 Å². The molecule has 1 aromatic rings. The molecule has 1 aromatic carbocycles. The van der Waals surface area contributed by atoms with Gasteiger partial charge in [0.05, 0.1) is 0 Å². The SMILES string of the molecule is C/C=C(/C)CC(C)(C)C(C)C.CC(=C=O)c1cc(C)c(C)cc1C. The smallest absolute Gasteiger partial charge is 0.128 e. The number of aryl methyl sites for hydroxylation is 3. The van der Waals surface area contributed by atoms with E-state index in [2.05, 4.69) is 67.5 Å². The Balaban J connectivity index is 0.000000449. The summed E-state index contributed by atoms with van der Waals surface area (Å²) in [6.45, 7) is 21.5. The molecule has 1 nitrogen and oxygen atoms in total. The molecule has 1 heteroatoms. The van der Waals surface area contributed by atoms with Crippen LogP contribution in [-0.4, -0.2) is 5.94 Å². The van der Waals surface area contributed by atoms with Gasteiger partial charge in [0.1, 0.15) is 5.94 Å². The lowest BCUT2D eigenvalue weighted by Crippen LogP contribution is -2.19. The molecule has 0 aromatic heterocycles. The highest BCUT2D eigenvalue weighted by atomic mass is 16.1. The zero-order valence-electron chi connectivity index (χ0n) is 17.4. The second-order valence-electron chi connectivity index (χ2n) is 7.93. The van der Waals surface area contributed by atoms with Gasteiger partial charge >= 0.3 is 0 Å². The van der Waals surface area contributed by atoms with Gasteiger partial charge in [-0.1, -0.05) is 51.5 Å². The minimum absolute atomic E-state index is 0.455. The van der Waals surface area contributed by atoms with E-state index in [0.717, 1.165) is 17.0 Å². The van der Waals surface area contributed by atoms with E-state index in [1.54, 1.807) is 6.92 Å². The first kappa shape index (κ1) is 22.4. The summed E-state index contributed by atoms with van der Waals surface area (Å²) in [4.78, 5) is 10.5. The molecule has 0 bridgehead atoms. The fourth-order valence-electron chi connectivity index (χ4n) is 2.44. The maximum Gasteiger partial charge on any atom is 0.128 e. The second kappa shape index (κ2) is 9.64. The van der Waals surface area contributed by atoms with Crippen LogP contribution >= 0.6 is 0 Å². The van der Waals surface area contributed by atoms with Crippen molar-refractivity contribution in [3.63, 3.8) is 0 Å². The molecule has 0 N–H and O–H groups in total. The molecule has 0 spiro atoms. The molecule has 0 unspecified atom stereocenters. The van der Waals surface area contributed by atoms with Crippen molar-refractivity contribution >= 4 is 11.5 Å². The molecular weight excluding hydrogens is 292 g/mol. The lowest BCUT2D eigenvalue weighted by molar-refractivity contribution is 0.247. The zero-order valence-corrected chi connectivity index (χ0v) is 17.4. The van der Waals surface area contributed by atoms with Crippen molar-refractivity contribution in [1.29, 1.82) is 0 Å². The van der Waals surface area contributed by atoms with Crippen molar-refractivity contribution < 1.29 is 4.79 Å². The Morgan fingerprint density at radius 3 is 2.00 bits per heavy atom. The summed E-state index contributed by atoms with van der Waals surface area (Å²) in [5.74, 6) is 2.70. The number of benzene rings is 1. The summed E-state index contributed by atoms with van der Waals surface area (Å²) in [6, 6.07) is 4.15. The predicted octanol–water partition coefficient (Wildman–Crippen LogP) is 6.87. The minimum atomic E-state index is 0.455. The summed E-state index contributed by atoms with van der Waals surface area (Å²) >= 11 is 0. The number of hydrogen-bond acceptors (Lipinski definition) is 1. The fourth-order valence-corrected chi connectivity index (χ4v) is 2.44. The van der Waals surface area contributed by atoms with Gasteiger partial charge in [0.25, 0.3) is 0 Å². The lowest BCUT2D eigenvalue weighted by atomic mass is 9.76. The molecule has 0 aliphatic carbocycles. The van der Waals surface area contributed by atoms with Crippen LogP contribution in [0.25, 0.3) is 5.57 Å².